The van der Waals surface area contributed by atoms with E-state index >= 15 is 0 Å². The zero-order chi connectivity index (χ0) is 18.7. The number of ketones is 1. The highest BCUT2D eigenvalue weighted by atomic mass is 16.5. The number of likely N-dealkylation sites (tertiary alicyclic amines) is 1. The van der Waals surface area contributed by atoms with Gasteiger partial charge in [-0.05, 0) is 56.4 Å². The van der Waals surface area contributed by atoms with Gasteiger partial charge in [-0.1, -0.05) is 6.42 Å². The van der Waals surface area contributed by atoms with Crippen molar-refractivity contribution in [1.29, 1.82) is 0 Å². The summed E-state index contributed by atoms with van der Waals surface area (Å²) in [7, 11) is 0. The minimum Gasteiger partial charge on any atom is -0.494 e. The molecule has 1 N–H and O–H groups in total. The van der Waals surface area contributed by atoms with E-state index in [-0.39, 0.29) is 17.6 Å². The Morgan fingerprint density at radius 3 is 2.62 bits per heavy atom. The van der Waals surface area contributed by atoms with Crippen molar-refractivity contribution >= 4 is 17.7 Å². The van der Waals surface area contributed by atoms with Gasteiger partial charge in [0.05, 0.1) is 12.0 Å². The quantitative estimate of drug-likeness (QED) is 0.598. The normalized spacial score (nSPS) is 24.3. The fourth-order valence-corrected chi connectivity index (χ4v) is 4.19. The number of hydrogen-bond donors (Lipinski definition) is 1. The molecule has 1 amide bonds. The lowest BCUT2D eigenvalue weighted by Gasteiger charge is -2.23. The molecule has 1 heterocycles. The molecule has 3 rings (SSSR count). The Labute approximate surface area is 153 Å². The number of carbonyl (C=O) groups excluding carboxylic acids is 2. The van der Waals surface area contributed by atoms with Crippen LogP contribution in [0.2, 0.25) is 0 Å². The number of rotatable bonds is 7. The lowest BCUT2D eigenvalue weighted by molar-refractivity contribution is -0.149. The Morgan fingerprint density at radius 1 is 1.27 bits per heavy atom. The minimum atomic E-state index is -0.757. The summed E-state index contributed by atoms with van der Waals surface area (Å²) in [4.78, 5) is 37.0. The maximum absolute atomic E-state index is 12.4. The number of benzene rings is 1. The van der Waals surface area contributed by atoms with Crippen molar-refractivity contribution in [2.24, 2.45) is 11.3 Å². The summed E-state index contributed by atoms with van der Waals surface area (Å²) in [6.45, 7) is 2.84. The number of ether oxygens (including phenoxy) is 1. The maximum atomic E-state index is 12.4. The van der Waals surface area contributed by atoms with Crippen molar-refractivity contribution in [3.63, 3.8) is 0 Å². The van der Waals surface area contributed by atoms with Crippen LogP contribution >= 0.6 is 0 Å². The number of nitrogens with zero attached hydrogens (tertiary/aromatic N) is 1. The van der Waals surface area contributed by atoms with Crippen molar-refractivity contribution < 1.29 is 24.2 Å². The maximum Gasteiger partial charge on any atom is 0.311 e. The van der Waals surface area contributed by atoms with E-state index in [1.807, 2.05) is 0 Å². The first-order chi connectivity index (χ1) is 12.4. The van der Waals surface area contributed by atoms with Crippen LogP contribution in [0.5, 0.6) is 5.75 Å². The molecule has 1 aromatic rings. The van der Waals surface area contributed by atoms with E-state index in [4.69, 9.17) is 4.74 Å². The molecule has 0 spiro atoms. The van der Waals surface area contributed by atoms with E-state index in [0.717, 1.165) is 12.8 Å². The van der Waals surface area contributed by atoms with Crippen LogP contribution in [-0.4, -0.2) is 47.4 Å². The Hall–Kier alpha value is -2.37. The predicted octanol–water partition coefficient (Wildman–Crippen LogP) is 2.76. The highest BCUT2D eigenvalue weighted by Crippen LogP contribution is 2.48. The highest BCUT2D eigenvalue weighted by molar-refractivity contribution is 5.94. The molecule has 1 saturated heterocycles. The second kappa shape index (κ2) is 7.48. The molecule has 6 nitrogen and oxygen atoms in total. The second-order valence-electron chi connectivity index (χ2n) is 7.36. The Bertz CT molecular complexity index is 699. The van der Waals surface area contributed by atoms with Crippen LogP contribution in [0.25, 0.3) is 0 Å². The molecule has 0 unspecified atom stereocenters. The van der Waals surface area contributed by atoms with Gasteiger partial charge in [0.15, 0.2) is 5.78 Å². The van der Waals surface area contributed by atoms with Crippen molar-refractivity contribution in [2.75, 3.05) is 19.7 Å². The first-order valence-corrected chi connectivity index (χ1v) is 9.17. The molecular formula is C20H25NO5. The van der Waals surface area contributed by atoms with E-state index in [9.17, 15) is 19.5 Å². The van der Waals surface area contributed by atoms with Crippen molar-refractivity contribution in [2.45, 2.75) is 39.0 Å². The number of hydrogen-bond acceptors (Lipinski definition) is 4. The number of fused-ring (bicyclic) bond motifs is 1. The van der Waals surface area contributed by atoms with Gasteiger partial charge < -0.3 is 14.7 Å². The average molecular weight is 359 g/mol. The molecule has 2 atom stereocenters. The van der Waals surface area contributed by atoms with E-state index in [0.29, 0.717) is 50.3 Å². The standard InChI is InChI=1S/C20H25NO5/c1-14(22)15-6-8-17(9-7-15)26-11-3-5-18(23)21-12-16-4-2-10-20(16,13-21)19(24)25/h6-9,16H,2-5,10-13H2,1H3,(H,24,25)/t16-,20+/m0/s1. The van der Waals surface area contributed by atoms with Gasteiger partial charge in [0.2, 0.25) is 5.91 Å². The van der Waals surface area contributed by atoms with Gasteiger partial charge in [-0.25, -0.2) is 0 Å². The SMILES string of the molecule is CC(=O)c1ccc(OCCCC(=O)N2C[C@@H]3CCC[C@@]3(C(=O)O)C2)cc1. The van der Waals surface area contributed by atoms with Gasteiger partial charge in [0.25, 0.3) is 0 Å². The van der Waals surface area contributed by atoms with Crippen LogP contribution in [0.4, 0.5) is 0 Å². The lowest BCUT2D eigenvalue weighted by Crippen LogP contribution is -2.37. The zero-order valence-electron chi connectivity index (χ0n) is 15.1. The molecule has 140 valence electrons. The van der Waals surface area contributed by atoms with Crippen LogP contribution in [-0.2, 0) is 9.59 Å². The topological polar surface area (TPSA) is 83.9 Å². The fourth-order valence-electron chi connectivity index (χ4n) is 4.19. The number of carboxylic acids is 1. The molecule has 6 heteroatoms. The molecule has 0 aromatic heterocycles. The van der Waals surface area contributed by atoms with Crippen LogP contribution in [0.15, 0.2) is 24.3 Å². The van der Waals surface area contributed by atoms with E-state index in [1.165, 1.54) is 6.92 Å². The fraction of sp³-hybridized carbons (Fsp3) is 0.550. The van der Waals surface area contributed by atoms with E-state index in [1.54, 1.807) is 29.2 Å². The second-order valence-corrected chi connectivity index (χ2v) is 7.36. The molecule has 26 heavy (non-hydrogen) atoms. The van der Waals surface area contributed by atoms with Crippen molar-refractivity contribution in [3.8, 4) is 5.75 Å². The molecule has 0 radical (unpaired) electrons. The van der Waals surface area contributed by atoms with Gasteiger partial charge in [-0.2, -0.15) is 0 Å². The first kappa shape index (κ1) is 18.4. The summed E-state index contributed by atoms with van der Waals surface area (Å²) in [5.41, 5.74) is -0.0792. The highest BCUT2D eigenvalue weighted by Gasteiger charge is 2.55. The Balaban J connectivity index is 1.43. The summed E-state index contributed by atoms with van der Waals surface area (Å²) in [5.74, 6) is 0.0304. The van der Waals surface area contributed by atoms with Crippen LogP contribution in [0.1, 0.15) is 49.4 Å². The van der Waals surface area contributed by atoms with Gasteiger partial charge in [0.1, 0.15) is 5.75 Å². The van der Waals surface area contributed by atoms with Crippen LogP contribution < -0.4 is 4.74 Å². The molecule has 2 aliphatic rings. The first-order valence-electron chi connectivity index (χ1n) is 9.17. The number of carboxylic acid groups (broad SMARTS) is 1. The Morgan fingerprint density at radius 2 is 2.00 bits per heavy atom. The summed E-state index contributed by atoms with van der Waals surface area (Å²) in [5, 5.41) is 9.59. The largest absolute Gasteiger partial charge is 0.494 e. The van der Waals surface area contributed by atoms with E-state index in [2.05, 4.69) is 0 Å². The van der Waals surface area contributed by atoms with Gasteiger partial charge in [-0.15, -0.1) is 0 Å². The van der Waals surface area contributed by atoms with Gasteiger partial charge in [0, 0.05) is 25.1 Å². The summed E-state index contributed by atoms with van der Waals surface area (Å²) in [6.07, 6.45) is 3.45. The average Bonchev–Trinajstić information content (AvgIpc) is 3.17. The zero-order valence-corrected chi connectivity index (χ0v) is 15.1. The van der Waals surface area contributed by atoms with Crippen molar-refractivity contribution in [1.82, 2.24) is 4.90 Å². The molecule has 1 saturated carbocycles. The summed E-state index contributed by atoms with van der Waals surface area (Å²) < 4.78 is 5.61. The third-order valence-corrected chi connectivity index (χ3v) is 5.71. The smallest absolute Gasteiger partial charge is 0.311 e. The number of Topliss-reactive ketones (excluding diaryl/α,β-unsaturated/α-hetero) is 1. The molecule has 1 aliphatic carbocycles. The summed E-state index contributed by atoms with van der Waals surface area (Å²) >= 11 is 0. The van der Waals surface area contributed by atoms with Crippen LogP contribution in [0, 0.1) is 11.3 Å². The minimum absolute atomic E-state index is 0.00977. The van der Waals surface area contributed by atoms with Gasteiger partial charge >= 0.3 is 5.97 Å². The molecule has 1 aliphatic heterocycles. The molecule has 0 bridgehead atoms. The van der Waals surface area contributed by atoms with Gasteiger partial charge in [-0.3, -0.25) is 14.4 Å². The van der Waals surface area contributed by atoms with E-state index < -0.39 is 11.4 Å². The molecule has 2 fully saturated rings. The monoisotopic (exact) mass is 359 g/mol. The lowest BCUT2D eigenvalue weighted by atomic mass is 9.81. The number of carbonyl (C=O) groups is 3. The molecule has 1 aromatic carbocycles. The number of amides is 1. The Kier molecular flexibility index (Phi) is 5.30. The van der Waals surface area contributed by atoms with Crippen LogP contribution in [0.3, 0.4) is 0 Å². The predicted molar refractivity (Wildman–Crippen MR) is 95.2 cm³/mol. The molecular weight excluding hydrogens is 334 g/mol. The number of aliphatic carboxylic acids is 1. The summed E-state index contributed by atoms with van der Waals surface area (Å²) in [6, 6.07) is 6.93. The third kappa shape index (κ3) is 3.59. The third-order valence-electron chi connectivity index (χ3n) is 5.71. The van der Waals surface area contributed by atoms with Crippen molar-refractivity contribution in [3.05, 3.63) is 29.8 Å².